The maximum absolute atomic E-state index is 14.8. The minimum absolute atomic E-state index is 0.00766. The standard InChI is InChI=1S/C42H36ClFN6O8/c1-42-26(37(52)49(39(42)54)21-9-11-28(44)27(43)17-21)18-31-25(36(42)24-10-12-33(51)23-8-6-5-7-22(23)24)13-16-48-40(55)47(41(56)50(31)48)15-14-29-38(53)46(2)32-20-35(58-4)34(57-3)19-30(32)45-29/h5-13,17,19-20,26,31,36,51H,14-16,18H2,1-4H3/t26-,31+,36-,42+/m0/s1. The number of aromatic nitrogens is 5. The zero-order chi connectivity index (χ0) is 40.9. The van der Waals surface area contributed by atoms with Gasteiger partial charge in [0.2, 0.25) is 11.8 Å². The first-order chi connectivity index (χ1) is 27.8. The highest BCUT2D eigenvalue weighted by molar-refractivity contribution is 6.31. The second-order valence-corrected chi connectivity index (χ2v) is 15.4. The SMILES string of the molecule is COc1cc2nc(CCn3c(=O)n4n(c3=O)[C@@H]3C[C@H]5C(=O)N(c6ccc(F)c(Cl)c6)C(=O)[C@@]5(C)[C@@H](c5ccc(O)c6ccccc56)C3=CC4)c(=O)n(C)c2cc1OC. The van der Waals surface area contributed by atoms with Crippen molar-refractivity contribution in [2.75, 3.05) is 19.1 Å². The van der Waals surface area contributed by atoms with Crippen LogP contribution in [-0.4, -0.2) is 54.6 Å². The second kappa shape index (κ2) is 13.3. The van der Waals surface area contributed by atoms with Gasteiger partial charge in [-0.3, -0.25) is 14.4 Å². The maximum Gasteiger partial charge on any atom is 0.347 e. The Morgan fingerprint density at radius 3 is 2.40 bits per heavy atom. The summed E-state index contributed by atoms with van der Waals surface area (Å²) in [5.74, 6) is -2.73. The molecular formula is C42H36ClFN6O8. The van der Waals surface area contributed by atoms with Crippen LogP contribution in [0, 0.1) is 17.2 Å². The number of ether oxygens (including phenoxy) is 2. The van der Waals surface area contributed by atoms with Crippen molar-refractivity contribution in [1.82, 2.24) is 23.5 Å². The van der Waals surface area contributed by atoms with Crippen LogP contribution in [0.15, 0.2) is 92.8 Å². The third-order valence-corrected chi connectivity index (χ3v) is 12.5. The molecule has 1 saturated heterocycles. The topological polar surface area (TPSA) is 160 Å². The Hall–Kier alpha value is -6.48. The summed E-state index contributed by atoms with van der Waals surface area (Å²) in [4.78, 5) is 77.1. The lowest BCUT2D eigenvalue weighted by molar-refractivity contribution is -0.129. The minimum atomic E-state index is -1.41. The summed E-state index contributed by atoms with van der Waals surface area (Å²) in [7, 11) is 4.57. The Bertz CT molecular complexity index is 3000. The second-order valence-electron chi connectivity index (χ2n) is 15.0. The lowest BCUT2D eigenvalue weighted by Crippen LogP contribution is -2.49. The number of aryl methyl sites for hydroxylation is 2. The number of rotatable bonds is 7. The summed E-state index contributed by atoms with van der Waals surface area (Å²) in [5.41, 5.74) is -0.591. The molecule has 4 heterocycles. The van der Waals surface area contributed by atoms with E-state index >= 15 is 0 Å². The molecule has 1 N–H and O–H groups in total. The van der Waals surface area contributed by atoms with Crippen LogP contribution in [-0.2, 0) is 36.1 Å². The van der Waals surface area contributed by atoms with Crippen molar-refractivity contribution >= 4 is 50.9 Å². The molecule has 2 amide bonds. The van der Waals surface area contributed by atoms with E-state index in [1.165, 1.54) is 46.3 Å². The summed E-state index contributed by atoms with van der Waals surface area (Å²) >= 11 is 6.14. The van der Waals surface area contributed by atoms with Gasteiger partial charge in [-0.25, -0.2) is 37.8 Å². The Balaban J connectivity index is 1.16. The van der Waals surface area contributed by atoms with Crippen molar-refractivity contribution in [3.8, 4) is 17.2 Å². The fourth-order valence-corrected chi connectivity index (χ4v) is 9.55. The highest BCUT2D eigenvalue weighted by Gasteiger charge is 2.65. The number of nitrogens with zero attached hydrogens (tertiary/aromatic N) is 6. The van der Waals surface area contributed by atoms with Crippen molar-refractivity contribution < 1.29 is 28.6 Å². The molecule has 9 rings (SSSR count). The van der Waals surface area contributed by atoms with Crippen molar-refractivity contribution in [2.45, 2.75) is 44.8 Å². The Labute approximate surface area is 333 Å². The number of carbonyl (C=O) groups is 2. The normalized spacial score (nSPS) is 21.2. The van der Waals surface area contributed by atoms with Crippen LogP contribution in [0.25, 0.3) is 21.8 Å². The molecule has 1 saturated carbocycles. The maximum atomic E-state index is 14.8. The van der Waals surface area contributed by atoms with Crippen molar-refractivity contribution in [2.24, 2.45) is 18.4 Å². The summed E-state index contributed by atoms with van der Waals surface area (Å²) in [6.07, 6.45) is 1.78. The number of amides is 2. The average Bonchev–Trinajstić information content (AvgIpc) is 3.58. The highest BCUT2D eigenvalue weighted by atomic mass is 35.5. The van der Waals surface area contributed by atoms with Crippen LogP contribution >= 0.6 is 11.6 Å². The molecule has 4 atom stereocenters. The number of aromatic hydroxyl groups is 1. The van der Waals surface area contributed by atoms with E-state index in [1.807, 2.05) is 18.2 Å². The fraction of sp³-hybridized carbons (Fsp3) is 0.286. The number of hydrogen-bond donors (Lipinski definition) is 1. The van der Waals surface area contributed by atoms with E-state index in [2.05, 4.69) is 4.98 Å². The lowest BCUT2D eigenvalue weighted by atomic mass is 9.56. The molecule has 0 unspecified atom stereocenters. The van der Waals surface area contributed by atoms with Gasteiger partial charge in [-0.15, -0.1) is 0 Å². The van der Waals surface area contributed by atoms with Crippen LogP contribution < -0.4 is 31.3 Å². The summed E-state index contributed by atoms with van der Waals surface area (Å²) < 4.78 is 30.3. The largest absolute Gasteiger partial charge is 0.507 e. The van der Waals surface area contributed by atoms with E-state index < -0.39 is 57.9 Å². The summed E-state index contributed by atoms with van der Waals surface area (Å²) in [5, 5.41) is 11.8. The first-order valence-corrected chi connectivity index (χ1v) is 19.0. The molecule has 296 valence electrons. The van der Waals surface area contributed by atoms with Crippen LogP contribution in [0.5, 0.6) is 17.2 Å². The van der Waals surface area contributed by atoms with Crippen LogP contribution in [0.3, 0.4) is 0 Å². The fourth-order valence-electron chi connectivity index (χ4n) is 9.38. The van der Waals surface area contributed by atoms with E-state index in [0.717, 1.165) is 15.5 Å². The van der Waals surface area contributed by atoms with Crippen LogP contribution in [0.4, 0.5) is 10.1 Å². The van der Waals surface area contributed by atoms with Crippen molar-refractivity contribution in [1.29, 1.82) is 0 Å². The molecule has 2 aromatic heterocycles. The Morgan fingerprint density at radius 1 is 0.948 bits per heavy atom. The number of anilines is 1. The predicted molar refractivity (Wildman–Crippen MR) is 212 cm³/mol. The molecule has 1 aliphatic carbocycles. The van der Waals surface area contributed by atoms with Gasteiger partial charge in [0.25, 0.3) is 5.56 Å². The van der Waals surface area contributed by atoms with Crippen LogP contribution in [0.1, 0.15) is 36.6 Å². The number of imide groups is 1. The Morgan fingerprint density at radius 2 is 1.67 bits per heavy atom. The molecule has 0 spiro atoms. The zero-order valence-corrected chi connectivity index (χ0v) is 32.5. The van der Waals surface area contributed by atoms with E-state index in [4.69, 9.17) is 21.1 Å². The third kappa shape index (κ3) is 5.15. The summed E-state index contributed by atoms with van der Waals surface area (Å²) in [6, 6.07) is 16.5. The number of halogens is 2. The van der Waals surface area contributed by atoms with Gasteiger partial charge >= 0.3 is 11.4 Å². The van der Waals surface area contributed by atoms with E-state index in [1.54, 1.807) is 44.3 Å². The van der Waals surface area contributed by atoms with Gasteiger partial charge in [0.1, 0.15) is 17.3 Å². The monoisotopic (exact) mass is 806 g/mol. The number of methoxy groups -OCH3 is 2. The van der Waals surface area contributed by atoms with Gasteiger partial charge in [0.15, 0.2) is 11.5 Å². The van der Waals surface area contributed by atoms with Gasteiger partial charge < -0.3 is 19.1 Å². The smallest absolute Gasteiger partial charge is 0.347 e. The number of phenolic OH excluding ortho intramolecular Hbond substituents is 1. The molecule has 0 bridgehead atoms. The van der Waals surface area contributed by atoms with E-state index in [9.17, 15) is 33.5 Å². The number of fused-ring (bicyclic) bond motifs is 6. The molecule has 16 heteroatoms. The number of benzene rings is 4. The highest BCUT2D eigenvalue weighted by Crippen LogP contribution is 2.62. The quantitative estimate of drug-likeness (QED) is 0.176. The molecule has 3 aliphatic rings. The molecule has 6 aromatic rings. The van der Waals surface area contributed by atoms with Gasteiger partial charge in [-0.1, -0.05) is 48.0 Å². The number of allylic oxidation sites excluding steroid dienone is 2. The van der Waals surface area contributed by atoms with E-state index in [0.29, 0.717) is 44.4 Å². The number of phenols is 1. The minimum Gasteiger partial charge on any atom is -0.507 e. The molecule has 4 aromatic carbocycles. The zero-order valence-electron chi connectivity index (χ0n) is 31.7. The van der Waals surface area contributed by atoms with Crippen LogP contribution in [0.2, 0.25) is 5.02 Å². The van der Waals surface area contributed by atoms with Gasteiger partial charge in [0.05, 0.1) is 59.9 Å². The van der Waals surface area contributed by atoms with Crippen molar-refractivity contribution in [3.05, 3.63) is 132 Å². The summed E-state index contributed by atoms with van der Waals surface area (Å²) in [6.45, 7) is 1.54. The Kier molecular flexibility index (Phi) is 8.51. The number of hydrogen-bond acceptors (Lipinski definition) is 9. The third-order valence-electron chi connectivity index (χ3n) is 12.2. The lowest BCUT2D eigenvalue weighted by Gasteiger charge is -2.47. The molecule has 14 nitrogen and oxygen atoms in total. The van der Waals surface area contributed by atoms with Gasteiger partial charge in [-0.05, 0) is 54.1 Å². The number of carbonyl (C=O) groups excluding carboxylic acids is 2. The first-order valence-electron chi connectivity index (χ1n) is 18.6. The molecule has 0 radical (unpaired) electrons. The van der Waals surface area contributed by atoms with Crippen molar-refractivity contribution in [3.63, 3.8) is 0 Å². The average molecular weight is 807 g/mol. The molecule has 2 fully saturated rings. The van der Waals surface area contributed by atoms with E-state index in [-0.39, 0.29) is 48.1 Å². The molecular weight excluding hydrogens is 771 g/mol. The predicted octanol–water partition coefficient (Wildman–Crippen LogP) is 4.83. The van der Waals surface area contributed by atoms with Gasteiger partial charge in [0, 0.05) is 43.5 Å². The molecule has 58 heavy (non-hydrogen) atoms. The van der Waals surface area contributed by atoms with Gasteiger partial charge in [-0.2, -0.15) is 0 Å². The molecule has 2 aliphatic heterocycles. The first kappa shape index (κ1) is 37.1.